The molecule has 0 spiro atoms. The van der Waals surface area contributed by atoms with Crippen molar-refractivity contribution in [1.29, 1.82) is 0 Å². The van der Waals surface area contributed by atoms with Crippen molar-refractivity contribution in [3.8, 4) is 17.3 Å². The third-order valence-electron chi connectivity index (χ3n) is 6.62. The van der Waals surface area contributed by atoms with Gasteiger partial charge in [-0.05, 0) is 27.7 Å². The molecule has 1 fully saturated rings. The lowest BCUT2D eigenvalue weighted by molar-refractivity contribution is -0.161. The van der Waals surface area contributed by atoms with Crippen LogP contribution in [-0.4, -0.2) is 106 Å². The van der Waals surface area contributed by atoms with Gasteiger partial charge in [0.15, 0.2) is 22.4 Å². The number of aliphatic hydroxyl groups is 1. The molecule has 4 rings (SSSR count). The molecule has 0 radical (unpaired) electrons. The summed E-state index contributed by atoms with van der Waals surface area (Å²) in [5, 5.41) is 39.6. The molecule has 4 amide bonds. The highest BCUT2D eigenvalue weighted by molar-refractivity contribution is 7.88. The maximum absolute atomic E-state index is 13.1. The number of aliphatic carboxylic acids is 1. The van der Waals surface area contributed by atoms with Gasteiger partial charge in [-0.15, -0.1) is 16.4 Å². The van der Waals surface area contributed by atoms with Gasteiger partial charge in [0.05, 0.1) is 24.4 Å². The van der Waals surface area contributed by atoms with E-state index >= 15 is 0 Å². The third kappa shape index (κ3) is 6.88. The number of nitrogens with zero attached hydrogens (tertiary/aromatic N) is 6. The Balaban J connectivity index is 1.54. The number of carbonyl (C=O) groups is 4. The first-order chi connectivity index (χ1) is 22.2. The first-order valence-corrected chi connectivity index (χ1v) is 15.8. The van der Waals surface area contributed by atoms with E-state index in [1.165, 1.54) is 23.9 Å². The number of hydrogen-bond acceptors (Lipinski definition) is 16. The van der Waals surface area contributed by atoms with Crippen molar-refractivity contribution < 1.29 is 47.8 Å². The molecule has 0 saturated carbocycles. The maximum atomic E-state index is 13.1. The van der Waals surface area contributed by atoms with Gasteiger partial charge in [0.25, 0.3) is 11.8 Å². The van der Waals surface area contributed by atoms with Crippen LogP contribution >= 0.6 is 11.3 Å². The minimum Gasteiger partial charge on any atom is -0.503 e. The van der Waals surface area contributed by atoms with Gasteiger partial charge in [0.1, 0.15) is 11.7 Å². The molecule has 0 bridgehead atoms. The third-order valence-corrected chi connectivity index (χ3v) is 8.42. The summed E-state index contributed by atoms with van der Waals surface area (Å²) in [5.74, 6) is -4.71. The summed E-state index contributed by atoms with van der Waals surface area (Å²) < 4.78 is 28.3. The lowest BCUT2D eigenvalue weighted by Crippen LogP contribution is -2.73. The van der Waals surface area contributed by atoms with Gasteiger partial charge in [-0.1, -0.05) is 9.24 Å². The van der Waals surface area contributed by atoms with Crippen molar-refractivity contribution in [1.82, 2.24) is 38.7 Å². The quantitative estimate of drug-likeness (QED) is 0.0605. The van der Waals surface area contributed by atoms with E-state index in [0.29, 0.717) is 9.47 Å². The zero-order chi connectivity index (χ0) is 35.9. The van der Waals surface area contributed by atoms with Crippen molar-refractivity contribution in [2.45, 2.75) is 58.0 Å². The topological polar surface area (TPSA) is 324 Å². The summed E-state index contributed by atoms with van der Waals surface area (Å²) in [7, 11) is -5.17. The number of aromatic hydroxyl groups is 1. The van der Waals surface area contributed by atoms with Crippen molar-refractivity contribution in [3.63, 3.8) is 0 Å². The lowest BCUT2D eigenvalue weighted by Gasteiger charge is -2.43. The Labute approximate surface area is 272 Å². The number of thiazole rings is 1. The molecule has 258 valence electrons. The Morgan fingerprint density at radius 3 is 2.48 bits per heavy atom. The molecule has 24 heteroatoms. The second-order valence-corrected chi connectivity index (χ2v) is 13.1. The number of H-pyrrole nitrogens is 1. The van der Waals surface area contributed by atoms with E-state index in [1.807, 2.05) is 0 Å². The van der Waals surface area contributed by atoms with E-state index in [-0.39, 0.29) is 20.6 Å². The molecule has 3 atom stereocenters. The lowest BCUT2D eigenvalue weighted by atomic mass is 9.97. The number of rotatable bonds is 11. The summed E-state index contributed by atoms with van der Waals surface area (Å²) in [6.07, 6.45) is -0.345. The fourth-order valence-electron chi connectivity index (χ4n) is 4.06. The van der Waals surface area contributed by atoms with Gasteiger partial charge in [0.2, 0.25) is 11.0 Å². The number of pyridine rings is 1. The molecule has 22 nitrogen and oxygen atoms in total. The van der Waals surface area contributed by atoms with Gasteiger partial charge in [-0.25, -0.2) is 24.1 Å². The van der Waals surface area contributed by atoms with Crippen LogP contribution in [0.5, 0.6) is 5.75 Å². The standard InChI is InChI=1S/C24H28N10O12S2/c1-9(35)7-32-17(11-5-13(36)14(37)6-26-11)29-34(23(32)43)48(44,45)31-22(42)33-10(2)15(19(33)39)28-18(38)16(12-8-47-21(25)27-12)30-46-24(3,4)20(40)41/h5-6,8-10,15,35,37H,7H2,1-4H3,(H2,25,27)(H,26,36)(H,28,38)(H,31,42)(H,40,41)/b30-16-/t9-,10-,15-/m0/s1. The van der Waals surface area contributed by atoms with Crippen molar-refractivity contribution in [3.05, 3.63) is 44.0 Å². The SMILES string of the molecule is C[C@H](O)Cn1c(-c2cc(=O)c(O)c[nH]2)nn(S(=O)(=O)NC(=O)N2C(=O)[C@@H](NC(=O)/C(=N\OC(C)(C)C(=O)O)c3csc(N)n3)[C@@H]2C)c1=O. The number of urea groups is 1. The minimum absolute atomic E-state index is 0.0263. The van der Waals surface area contributed by atoms with E-state index in [1.54, 1.807) is 0 Å². The van der Waals surface area contributed by atoms with Crippen LogP contribution in [0.3, 0.4) is 0 Å². The van der Waals surface area contributed by atoms with E-state index in [9.17, 15) is 52.5 Å². The molecule has 3 aromatic rings. The summed E-state index contributed by atoms with van der Waals surface area (Å²) >= 11 is 0.923. The Kier molecular flexibility index (Phi) is 9.45. The zero-order valence-electron chi connectivity index (χ0n) is 25.3. The van der Waals surface area contributed by atoms with Gasteiger partial charge < -0.3 is 36.2 Å². The van der Waals surface area contributed by atoms with Crippen LogP contribution in [0.25, 0.3) is 11.5 Å². The molecule has 1 saturated heterocycles. The first kappa shape index (κ1) is 35.2. The van der Waals surface area contributed by atoms with Crippen molar-refractivity contribution in [2.24, 2.45) is 5.16 Å². The van der Waals surface area contributed by atoms with Gasteiger partial charge in [0, 0.05) is 17.6 Å². The highest BCUT2D eigenvalue weighted by Crippen LogP contribution is 2.22. The molecular weight excluding hydrogens is 684 g/mol. The number of nitrogen functional groups attached to an aromatic ring is 1. The summed E-state index contributed by atoms with van der Waals surface area (Å²) in [6, 6.07) is -3.29. The second-order valence-electron chi connectivity index (χ2n) is 10.7. The number of oxime groups is 1. The monoisotopic (exact) mass is 712 g/mol. The fourth-order valence-corrected chi connectivity index (χ4v) is 5.50. The van der Waals surface area contributed by atoms with E-state index < -0.39 is 92.8 Å². The molecule has 0 unspecified atom stereocenters. The van der Waals surface area contributed by atoms with Crippen LogP contribution in [0.15, 0.2) is 32.4 Å². The number of carboxylic acid groups (broad SMARTS) is 1. The molecule has 1 aliphatic heterocycles. The Hall–Kier alpha value is -5.62. The van der Waals surface area contributed by atoms with E-state index in [0.717, 1.165) is 37.4 Å². The molecule has 3 aromatic heterocycles. The number of aliphatic hydroxyl groups excluding tert-OH is 1. The molecule has 1 aliphatic rings. The number of likely N-dealkylation sites (tertiary alicyclic amines) is 1. The van der Waals surface area contributed by atoms with Crippen LogP contribution in [0.1, 0.15) is 33.4 Å². The van der Waals surface area contributed by atoms with Crippen LogP contribution in [-0.2, 0) is 36.0 Å². The Morgan fingerprint density at radius 2 is 1.94 bits per heavy atom. The fraction of sp³-hybridized carbons (Fsp3) is 0.375. The van der Waals surface area contributed by atoms with Gasteiger partial charge in [-0.3, -0.25) is 23.9 Å². The van der Waals surface area contributed by atoms with E-state index in [4.69, 9.17) is 10.6 Å². The van der Waals surface area contributed by atoms with Crippen LogP contribution in [0.4, 0.5) is 9.93 Å². The number of nitrogens with one attached hydrogen (secondary N) is 3. The highest BCUT2D eigenvalue weighted by Gasteiger charge is 2.50. The average Bonchev–Trinajstić information content (AvgIpc) is 3.55. The number of nitrogens with two attached hydrogens (primary N) is 1. The smallest absolute Gasteiger partial charge is 0.362 e. The van der Waals surface area contributed by atoms with Crippen molar-refractivity contribution >= 4 is 56.2 Å². The number of imide groups is 1. The number of aromatic nitrogens is 5. The normalized spacial score (nSPS) is 17.4. The predicted octanol–water partition coefficient (Wildman–Crippen LogP) is -2.67. The molecule has 8 N–H and O–H groups in total. The zero-order valence-corrected chi connectivity index (χ0v) is 26.9. The second kappa shape index (κ2) is 12.9. The average molecular weight is 713 g/mol. The molecule has 4 heterocycles. The first-order valence-electron chi connectivity index (χ1n) is 13.5. The van der Waals surface area contributed by atoms with Gasteiger partial charge in [-0.2, -0.15) is 8.42 Å². The minimum atomic E-state index is -5.17. The number of amides is 4. The number of carboxylic acids is 1. The van der Waals surface area contributed by atoms with E-state index in [2.05, 4.69) is 25.5 Å². The molecular formula is C24H28N10O12S2. The maximum Gasteiger partial charge on any atom is 0.362 e. The Bertz CT molecular complexity index is 2060. The summed E-state index contributed by atoms with van der Waals surface area (Å²) in [4.78, 5) is 87.2. The number of β-lactam (4-membered cyclic amide) rings is 1. The van der Waals surface area contributed by atoms with Crippen molar-refractivity contribution in [2.75, 3.05) is 5.73 Å². The van der Waals surface area contributed by atoms with Crippen LogP contribution in [0.2, 0.25) is 0 Å². The largest absolute Gasteiger partial charge is 0.503 e. The molecule has 48 heavy (non-hydrogen) atoms. The van der Waals surface area contributed by atoms with Crippen LogP contribution in [0, 0.1) is 0 Å². The molecule has 0 aliphatic carbocycles. The highest BCUT2D eigenvalue weighted by atomic mass is 32.2. The number of aromatic amines is 1. The predicted molar refractivity (Wildman–Crippen MR) is 163 cm³/mol. The number of anilines is 1. The summed E-state index contributed by atoms with van der Waals surface area (Å²) in [5.41, 5.74) is 0.594. The Morgan fingerprint density at radius 1 is 1.27 bits per heavy atom. The van der Waals surface area contributed by atoms with Crippen LogP contribution < -0.4 is 26.9 Å². The van der Waals surface area contributed by atoms with Gasteiger partial charge >= 0.3 is 27.9 Å². The number of carbonyl (C=O) groups excluding carboxylic acids is 3. The number of hydrogen-bond donors (Lipinski definition) is 7. The summed E-state index contributed by atoms with van der Waals surface area (Å²) in [6.45, 7) is 4.38. The molecule has 0 aromatic carbocycles.